The zero-order valence-corrected chi connectivity index (χ0v) is 11.8. The van der Waals surface area contributed by atoms with E-state index < -0.39 is 6.04 Å². The third-order valence-electron chi connectivity index (χ3n) is 2.44. The van der Waals surface area contributed by atoms with Crippen LogP contribution in [0.4, 0.5) is 0 Å². The molecule has 6 heteroatoms. The van der Waals surface area contributed by atoms with Crippen molar-refractivity contribution in [2.75, 3.05) is 12.0 Å². The second-order valence-corrected chi connectivity index (χ2v) is 5.64. The summed E-state index contributed by atoms with van der Waals surface area (Å²) in [7, 11) is 0. The minimum absolute atomic E-state index is 0.0113. The number of rotatable bonds is 7. The van der Waals surface area contributed by atoms with Crippen molar-refractivity contribution in [1.82, 2.24) is 10.3 Å². The molecule has 0 aliphatic rings. The molecule has 96 valence electrons. The van der Waals surface area contributed by atoms with Crippen molar-refractivity contribution in [3.8, 4) is 0 Å². The predicted octanol–water partition coefficient (Wildman–Crippen LogP) is 1.79. The van der Waals surface area contributed by atoms with Gasteiger partial charge in [0.25, 0.3) is 0 Å². The van der Waals surface area contributed by atoms with Gasteiger partial charge in [-0.3, -0.25) is 4.79 Å². The number of nitrogens with two attached hydrogens (primary N) is 1. The van der Waals surface area contributed by atoms with Gasteiger partial charge in [-0.05, 0) is 24.9 Å². The van der Waals surface area contributed by atoms with Gasteiger partial charge in [-0.1, -0.05) is 6.92 Å². The molecule has 0 fully saturated rings. The molecule has 1 aromatic heterocycles. The van der Waals surface area contributed by atoms with E-state index in [1.807, 2.05) is 18.6 Å². The Hall–Kier alpha value is -0.590. The number of carbonyl (C=O) groups excluding carboxylic acids is 1. The second kappa shape index (κ2) is 7.68. The fourth-order valence-electron chi connectivity index (χ4n) is 1.40. The number of amides is 1. The Kier molecular flexibility index (Phi) is 6.54. The van der Waals surface area contributed by atoms with E-state index in [1.165, 1.54) is 0 Å². The average Bonchev–Trinajstić information content (AvgIpc) is 2.86. The van der Waals surface area contributed by atoms with Crippen LogP contribution < -0.4 is 11.1 Å². The fourth-order valence-corrected chi connectivity index (χ4v) is 2.66. The SMILES string of the molecule is CCC(NC(=O)[C@@H](N)CCSC)c1nccs1. The van der Waals surface area contributed by atoms with E-state index in [1.54, 1.807) is 29.3 Å². The number of thioether (sulfide) groups is 1. The minimum Gasteiger partial charge on any atom is -0.346 e. The van der Waals surface area contributed by atoms with Crippen molar-refractivity contribution >= 4 is 29.0 Å². The molecule has 0 bridgehead atoms. The Morgan fingerprint density at radius 3 is 3.00 bits per heavy atom. The minimum atomic E-state index is -0.420. The Labute approximate surface area is 110 Å². The van der Waals surface area contributed by atoms with Crippen molar-refractivity contribution in [2.24, 2.45) is 5.73 Å². The van der Waals surface area contributed by atoms with Crippen LogP contribution in [0.3, 0.4) is 0 Å². The maximum Gasteiger partial charge on any atom is 0.237 e. The van der Waals surface area contributed by atoms with Gasteiger partial charge in [0.15, 0.2) is 0 Å². The molecule has 2 atom stereocenters. The van der Waals surface area contributed by atoms with E-state index in [2.05, 4.69) is 10.3 Å². The molecule has 1 heterocycles. The van der Waals surface area contributed by atoms with Crippen molar-refractivity contribution in [2.45, 2.75) is 31.8 Å². The van der Waals surface area contributed by atoms with Crippen LogP contribution >= 0.6 is 23.1 Å². The van der Waals surface area contributed by atoms with Crippen LogP contribution in [0, 0.1) is 0 Å². The molecule has 4 nitrogen and oxygen atoms in total. The maximum atomic E-state index is 11.8. The summed E-state index contributed by atoms with van der Waals surface area (Å²) < 4.78 is 0. The van der Waals surface area contributed by atoms with E-state index in [4.69, 9.17) is 5.73 Å². The predicted molar refractivity (Wildman–Crippen MR) is 74.3 cm³/mol. The van der Waals surface area contributed by atoms with E-state index in [9.17, 15) is 4.79 Å². The molecule has 0 saturated heterocycles. The number of hydrogen-bond donors (Lipinski definition) is 2. The van der Waals surface area contributed by atoms with Gasteiger partial charge in [0, 0.05) is 11.6 Å². The van der Waals surface area contributed by atoms with Crippen LogP contribution in [-0.2, 0) is 4.79 Å². The average molecular weight is 273 g/mol. The molecule has 17 heavy (non-hydrogen) atoms. The van der Waals surface area contributed by atoms with Crippen LogP contribution in [0.1, 0.15) is 30.8 Å². The van der Waals surface area contributed by atoms with Crippen molar-refractivity contribution in [3.63, 3.8) is 0 Å². The van der Waals surface area contributed by atoms with E-state index in [-0.39, 0.29) is 11.9 Å². The van der Waals surface area contributed by atoms with Gasteiger partial charge in [-0.2, -0.15) is 11.8 Å². The zero-order valence-electron chi connectivity index (χ0n) is 10.2. The van der Waals surface area contributed by atoms with Gasteiger partial charge in [-0.25, -0.2) is 4.98 Å². The fraction of sp³-hybridized carbons (Fsp3) is 0.636. The third kappa shape index (κ3) is 4.65. The Bertz CT molecular complexity index is 329. The lowest BCUT2D eigenvalue weighted by Crippen LogP contribution is -2.42. The van der Waals surface area contributed by atoms with E-state index >= 15 is 0 Å². The lowest BCUT2D eigenvalue weighted by Gasteiger charge is -2.17. The largest absolute Gasteiger partial charge is 0.346 e. The van der Waals surface area contributed by atoms with Gasteiger partial charge in [0.1, 0.15) is 5.01 Å². The summed E-state index contributed by atoms with van der Waals surface area (Å²) in [4.78, 5) is 16.1. The maximum absolute atomic E-state index is 11.8. The number of carbonyl (C=O) groups is 1. The quantitative estimate of drug-likeness (QED) is 0.795. The standard InChI is InChI=1S/C11H19N3OS2/c1-3-9(11-13-5-7-17-11)14-10(15)8(12)4-6-16-2/h5,7-9H,3-4,6,12H2,1-2H3,(H,14,15)/t8-,9?/m0/s1. The summed E-state index contributed by atoms with van der Waals surface area (Å²) >= 11 is 3.26. The molecule has 1 amide bonds. The monoisotopic (exact) mass is 273 g/mol. The molecular formula is C11H19N3OS2. The van der Waals surface area contributed by atoms with Crippen LogP contribution in [0.25, 0.3) is 0 Å². The molecule has 0 radical (unpaired) electrons. The first kappa shape index (κ1) is 14.5. The summed E-state index contributed by atoms with van der Waals surface area (Å²) in [5.74, 6) is 0.823. The van der Waals surface area contributed by atoms with Gasteiger partial charge < -0.3 is 11.1 Å². The normalized spacial score (nSPS) is 14.3. The van der Waals surface area contributed by atoms with Gasteiger partial charge in [0.05, 0.1) is 12.1 Å². The Morgan fingerprint density at radius 2 is 2.47 bits per heavy atom. The Morgan fingerprint density at radius 1 is 1.71 bits per heavy atom. The highest BCUT2D eigenvalue weighted by molar-refractivity contribution is 7.98. The van der Waals surface area contributed by atoms with Crippen LogP contribution in [-0.4, -0.2) is 28.9 Å². The summed E-state index contributed by atoms with van der Waals surface area (Å²) in [6, 6.07) is -0.431. The molecular weight excluding hydrogens is 254 g/mol. The summed E-state index contributed by atoms with van der Waals surface area (Å²) in [6.07, 6.45) is 5.30. The lowest BCUT2D eigenvalue weighted by molar-refractivity contribution is -0.123. The first-order valence-electron chi connectivity index (χ1n) is 5.63. The number of nitrogens with one attached hydrogen (secondary N) is 1. The molecule has 1 rings (SSSR count). The third-order valence-corrected chi connectivity index (χ3v) is 3.98. The van der Waals surface area contributed by atoms with Crippen molar-refractivity contribution in [3.05, 3.63) is 16.6 Å². The summed E-state index contributed by atoms with van der Waals surface area (Å²) in [6.45, 7) is 2.03. The second-order valence-electron chi connectivity index (χ2n) is 3.73. The number of aromatic nitrogens is 1. The highest BCUT2D eigenvalue weighted by Crippen LogP contribution is 2.18. The smallest absolute Gasteiger partial charge is 0.237 e. The number of thiazole rings is 1. The Balaban J connectivity index is 2.48. The molecule has 0 aromatic carbocycles. The topological polar surface area (TPSA) is 68.0 Å². The lowest BCUT2D eigenvalue weighted by atomic mass is 10.2. The molecule has 0 spiro atoms. The first-order chi connectivity index (χ1) is 8.19. The zero-order chi connectivity index (χ0) is 12.7. The van der Waals surface area contributed by atoms with Crippen LogP contribution in [0.15, 0.2) is 11.6 Å². The number of nitrogens with zero attached hydrogens (tertiary/aromatic N) is 1. The molecule has 0 aliphatic heterocycles. The van der Waals surface area contributed by atoms with E-state index in [0.29, 0.717) is 6.42 Å². The van der Waals surface area contributed by atoms with Gasteiger partial charge >= 0.3 is 0 Å². The van der Waals surface area contributed by atoms with Gasteiger partial charge in [0.2, 0.25) is 5.91 Å². The highest BCUT2D eigenvalue weighted by Gasteiger charge is 2.19. The van der Waals surface area contributed by atoms with Gasteiger partial charge in [-0.15, -0.1) is 11.3 Å². The summed E-state index contributed by atoms with van der Waals surface area (Å²) in [5.41, 5.74) is 5.82. The number of hydrogen-bond acceptors (Lipinski definition) is 5. The molecule has 0 aliphatic carbocycles. The van der Waals surface area contributed by atoms with E-state index in [0.717, 1.165) is 17.2 Å². The summed E-state index contributed by atoms with van der Waals surface area (Å²) in [5, 5.41) is 5.81. The highest BCUT2D eigenvalue weighted by atomic mass is 32.2. The van der Waals surface area contributed by atoms with Crippen molar-refractivity contribution in [1.29, 1.82) is 0 Å². The first-order valence-corrected chi connectivity index (χ1v) is 7.90. The van der Waals surface area contributed by atoms with Crippen LogP contribution in [0.2, 0.25) is 0 Å². The van der Waals surface area contributed by atoms with Crippen molar-refractivity contribution < 1.29 is 4.79 Å². The van der Waals surface area contributed by atoms with Crippen LogP contribution in [0.5, 0.6) is 0 Å². The molecule has 3 N–H and O–H groups in total. The molecule has 1 unspecified atom stereocenters. The molecule has 1 aromatic rings. The molecule has 0 saturated carbocycles.